The van der Waals surface area contributed by atoms with Crippen molar-refractivity contribution in [2.75, 3.05) is 13.7 Å². The van der Waals surface area contributed by atoms with Gasteiger partial charge < -0.3 is 29.5 Å². The molecule has 168 valence electrons. The first-order valence-corrected chi connectivity index (χ1v) is 9.82. The average molecular weight is 432 g/mol. The van der Waals surface area contributed by atoms with E-state index >= 15 is 0 Å². The summed E-state index contributed by atoms with van der Waals surface area (Å²) in [4.78, 5) is 22.4. The lowest BCUT2D eigenvalue weighted by molar-refractivity contribution is 0.0521. The van der Waals surface area contributed by atoms with Crippen LogP contribution >= 0.6 is 0 Å². The van der Waals surface area contributed by atoms with Crippen LogP contribution < -0.4 is 9.47 Å². The average Bonchev–Trinajstić information content (AvgIpc) is 2.66. The number of fused-ring (bicyclic) bond motifs is 1. The number of carboxylic acids is 1. The van der Waals surface area contributed by atoms with E-state index in [2.05, 4.69) is 0 Å². The highest BCUT2D eigenvalue weighted by Gasteiger charge is 2.30. The number of phenolic OH excluding ortho intramolecular Hbond substituents is 2. The SMILES string of the molecule is CCOC(=O)c1c(C)cc(O)cc1O.COc1c(C(=O)O)ccc2c1CCC(C)(C)O2. The smallest absolute Gasteiger partial charge is 0.342 e. The van der Waals surface area contributed by atoms with Crippen molar-refractivity contribution in [3.05, 3.63) is 46.5 Å². The minimum absolute atomic E-state index is 0.0759. The molecule has 1 aliphatic heterocycles. The van der Waals surface area contributed by atoms with Crippen molar-refractivity contribution >= 4 is 11.9 Å². The van der Waals surface area contributed by atoms with Crippen LogP contribution in [0.4, 0.5) is 0 Å². The van der Waals surface area contributed by atoms with E-state index < -0.39 is 11.9 Å². The third-order valence-corrected chi connectivity index (χ3v) is 4.79. The molecule has 2 aromatic carbocycles. The molecule has 0 unspecified atom stereocenters. The molecule has 0 radical (unpaired) electrons. The van der Waals surface area contributed by atoms with E-state index in [1.54, 1.807) is 19.9 Å². The molecule has 0 aliphatic carbocycles. The van der Waals surface area contributed by atoms with Crippen molar-refractivity contribution < 1.29 is 39.1 Å². The van der Waals surface area contributed by atoms with Crippen molar-refractivity contribution in [2.45, 2.75) is 46.1 Å². The maximum absolute atomic E-state index is 11.3. The van der Waals surface area contributed by atoms with Crippen molar-refractivity contribution in [2.24, 2.45) is 0 Å². The summed E-state index contributed by atoms with van der Waals surface area (Å²) in [6.45, 7) is 7.59. The van der Waals surface area contributed by atoms with E-state index in [1.165, 1.54) is 19.2 Å². The topological polar surface area (TPSA) is 123 Å². The van der Waals surface area contributed by atoms with Gasteiger partial charge in [-0.15, -0.1) is 0 Å². The molecular weight excluding hydrogens is 404 g/mol. The van der Waals surface area contributed by atoms with Crippen LogP contribution in [0.2, 0.25) is 0 Å². The van der Waals surface area contributed by atoms with Crippen LogP contribution in [0.15, 0.2) is 24.3 Å². The maximum atomic E-state index is 11.3. The Morgan fingerprint density at radius 1 is 1.19 bits per heavy atom. The molecule has 0 bridgehead atoms. The Morgan fingerprint density at radius 3 is 2.42 bits per heavy atom. The molecule has 8 nitrogen and oxygen atoms in total. The van der Waals surface area contributed by atoms with Crippen molar-refractivity contribution in [1.29, 1.82) is 0 Å². The second-order valence-corrected chi connectivity index (χ2v) is 7.67. The first-order valence-electron chi connectivity index (χ1n) is 9.82. The number of rotatable bonds is 4. The van der Waals surface area contributed by atoms with Gasteiger partial charge in [-0.25, -0.2) is 9.59 Å². The molecule has 0 saturated carbocycles. The van der Waals surface area contributed by atoms with Gasteiger partial charge in [0.05, 0.1) is 13.7 Å². The Bertz CT molecular complexity index is 955. The van der Waals surface area contributed by atoms with E-state index in [9.17, 15) is 14.7 Å². The van der Waals surface area contributed by atoms with Crippen LogP contribution in [0.25, 0.3) is 0 Å². The normalized spacial score (nSPS) is 13.7. The number of benzene rings is 2. The highest BCUT2D eigenvalue weighted by Crippen LogP contribution is 2.40. The van der Waals surface area contributed by atoms with Gasteiger partial charge in [-0.1, -0.05) is 0 Å². The van der Waals surface area contributed by atoms with Gasteiger partial charge in [0.1, 0.15) is 39.7 Å². The standard InChI is InChI=1S/C13H16O4.C10H12O4/c1-13(2)7-6-8-10(17-13)5-4-9(12(14)15)11(8)16-3;1-3-14-10(13)9-6(2)4-7(11)5-8(9)12/h4-5H,6-7H2,1-3H3,(H,14,15);4-5,11-12H,3H2,1-2H3. The number of carbonyl (C=O) groups excluding carboxylic acids is 1. The van der Waals surface area contributed by atoms with E-state index in [1.807, 2.05) is 13.8 Å². The van der Waals surface area contributed by atoms with Crippen LogP contribution in [-0.4, -0.2) is 46.6 Å². The molecule has 3 N–H and O–H groups in total. The van der Waals surface area contributed by atoms with Gasteiger partial charge >= 0.3 is 11.9 Å². The van der Waals surface area contributed by atoms with Crippen LogP contribution in [0.3, 0.4) is 0 Å². The predicted molar refractivity (Wildman–Crippen MR) is 113 cm³/mol. The minimum Gasteiger partial charge on any atom is -0.508 e. The Morgan fingerprint density at radius 2 is 1.87 bits per heavy atom. The number of carboxylic acid groups (broad SMARTS) is 1. The molecule has 2 aromatic rings. The van der Waals surface area contributed by atoms with Crippen molar-refractivity contribution in [1.82, 2.24) is 0 Å². The molecule has 31 heavy (non-hydrogen) atoms. The van der Waals surface area contributed by atoms with Gasteiger partial charge in [-0.3, -0.25) is 0 Å². The summed E-state index contributed by atoms with van der Waals surface area (Å²) < 4.78 is 15.8. The Labute approximate surface area is 181 Å². The molecule has 0 fully saturated rings. The van der Waals surface area contributed by atoms with Crippen LogP contribution in [-0.2, 0) is 11.2 Å². The largest absolute Gasteiger partial charge is 0.508 e. The number of aromatic hydroxyl groups is 2. The van der Waals surface area contributed by atoms with E-state index in [-0.39, 0.29) is 34.8 Å². The molecule has 3 rings (SSSR count). The minimum atomic E-state index is -0.977. The Balaban J connectivity index is 0.000000225. The molecule has 0 saturated heterocycles. The molecule has 0 spiro atoms. The van der Waals surface area contributed by atoms with Gasteiger partial charge in [-0.05, 0) is 64.3 Å². The maximum Gasteiger partial charge on any atom is 0.342 e. The first kappa shape index (κ1) is 23.9. The van der Waals surface area contributed by atoms with Crippen LogP contribution in [0, 0.1) is 6.92 Å². The zero-order chi connectivity index (χ0) is 23.3. The van der Waals surface area contributed by atoms with Crippen LogP contribution in [0.5, 0.6) is 23.0 Å². The quantitative estimate of drug-likeness (QED) is 0.618. The third-order valence-electron chi connectivity index (χ3n) is 4.79. The summed E-state index contributed by atoms with van der Waals surface area (Å²) in [5.41, 5.74) is 1.43. The summed E-state index contributed by atoms with van der Waals surface area (Å²) in [6.07, 6.45) is 1.62. The number of aromatic carboxylic acids is 1. The van der Waals surface area contributed by atoms with Gasteiger partial charge in [-0.2, -0.15) is 0 Å². The number of carbonyl (C=O) groups is 2. The number of phenols is 2. The lowest BCUT2D eigenvalue weighted by Gasteiger charge is -2.33. The summed E-state index contributed by atoms with van der Waals surface area (Å²) >= 11 is 0. The second kappa shape index (κ2) is 9.59. The zero-order valence-electron chi connectivity index (χ0n) is 18.3. The highest BCUT2D eigenvalue weighted by atomic mass is 16.5. The number of esters is 1. The summed E-state index contributed by atoms with van der Waals surface area (Å²) in [6, 6.07) is 5.74. The number of ether oxygens (including phenoxy) is 3. The Kier molecular flexibility index (Phi) is 7.38. The van der Waals surface area contributed by atoms with Crippen molar-refractivity contribution in [3.8, 4) is 23.0 Å². The fourth-order valence-electron chi connectivity index (χ4n) is 3.34. The summed E-state index contributed by atoms with van der Waals surface area (Å²) in [7, 11) is 1.49. The van der Waals surface area contributed by atoms with Crippen molar-refractivity contribution in [3.63, 3.8) is 0 Å². The number of hydrogen-bond acceptors (Lipinski definition) is 7. The predicted octanol–water partition coefficient (Wildman–Crippen LogP) is 4.08. The second-order valence-electron chi connectivity index (χ2n) is 7.67. The van der Waals surface area contributed by atoms with E-state index in [0.717, 1.165) is 30.2 Å². The van der Waals surface area contributed by atoms with Gasteiger partial charge in [0.15, 0.2) is 0 Å². The summed E-state index contributed by atoms with van der Waals surface area (Å²) in [5, 5.41) is 27.6. The fraction of sp³-hybridized carbons (Fsp3) is 0.391. The van der Waals surface area contributed by atoms with Gasteiger partial charge in [0, 0.05) is 11.6 Å². The lowest BCUT2D eigenvalue weighted by Crippen LogP contribution is -2.32. The van der Waals surface area contributed by atoms with Gasteiger partial charge in [0.2, 0.25) is 0 Å². The third kappa shape index (κ3) is 5.59. The fourth-order valence-corrected chi connectivity index (χ4v) is 3.34. The van der Waals surface area contributed by atoms with Crippen LogP contribution in [0.1, 0.15) is 59.0 Å². The summed E-state index contributed by atoms with van der Waals surface area (Å²) in [5.74, 6) is -0.750. The van der Waals surface area contributed by atoms with E-state index in [4.69, 9.17) is 24.4 Å². The molecule has 1 heterocycles. The molecular formula is C23H28O8. The zero-order valence-corrected chi connectivity index (χ0v) is 18.3. The molecule has 1 aliphatic rings. The highest BCUT2D eigenvalue weighted by molar-refractivity contribution is 5.94. The Hall–Kier alpha value is -3.42. The van der Waals surface area contributed by atoms with Gasteiger partial charge in [0.25, 0.3) is 0 Å². The van der Waals surface area contributed by atoms with E-state index in [0.29, 0.717) is 11.3 Å². The lowest BCUT2D eigenvalue weighted by atomic mass is 9.92. The monoisotopic (exact) mass is 432 g/mol. The molecule has 0 aromatic heterocycles. The number of aryl methyl sites for hydroxylation is 1. The first-order chi connectivity index (χ1) is 14.5. The number of methoxy groups -OCH3 is 1. The molecule has 8 heteroatoms. The molecule has 0 amide bonds. The number of hydrogen-bond donors (Lipinski definition) is 3. The molecule has 0 atom stereocenters.